The van der Waals surface area contributed by atoms with Crippen LogP contribution in [0, 0.1) is 0 Å². The molecule has 0 saturated carbocycles. The van der Waals surface area contributed by atoms with Crippen molar-refractivity contribution in [2.75, 3.05) is 0 Å². The molecule has 0 spiro atoms. The van der Waals surface area contributed by atoms with Crippen LogP contribution < -0.4 is 0 Å². The lowest BCUT2D eigenvalue weighted by Crippen LogP contribution is -1.77. The number of nitrogens with zero attached hydrogens (tertiary/aromatic N) is 1. The third-order valence-electron chi connectivity index (χ3n) is 3.98. The molecule has 0 aliphatic heterocycles. The van der Waals surface area contributed by atoms with Gasteiger partial charge in [-0.2, -0.15) is 0 Å². The van der Waals surface area contributed by atoms with E-state index < -0.39 is 0 Å². The summed E-state index contributed by atoms with van der Waals surface area (Å²) in [7, 11) is 0. The number of hydrogen-bond acceptors (Lipinski definition) is 3. The van der Waals surface area contributed by atoms with E-state index in [9.17, 15) is 0 Å². The van der Waals surface area contributed by atoms with E-state index in [1.54, 1.807) is 11.3 Å². The lowest BCUT2D eigenvalue weighted by Gasteiger charge is -1.97. The van der Waals surface area contributed by atoms with Crippen LogP contribution in [0.1, 0.15) is 0 Å². The number of halogens is 1. The summed E-state index contributed by atoms with van der Waals surface area (Å²) < 4.78 is 8.34. The van der Waals surface area contributed by atoms with Crippen LogP contribution in [-0.4, -0.2) is 4.98 Å². The van der Waals surface area contributed by atoms with Gasteiger partial charge in [0, 0.05) is 25.2 Å². The summed E-state index contributed by atoms with van der Waals surface area (Å²) in [5, 5.41) is 3.12. The van der Waals surface area contributed by atoms with Crippen LogP contribution in [0.3, 0.4) is 0 Å². The van der Waals surface area contributed by atoms with Gasteiger partial charge in [0.1, 0.15) is 5.52 Å². The van der Waals surface area contributed by atoms with E-state index in [0.29, 0.717) is 5.89 Å². The summed E-state index contributed by atoms with van der Waals surface area (Å²) in [4.78, 5) is 4.63. The fraction of sp³-hybridized carbons (Fsp3) is 0. The molecule has 5 aromatic rings. The first-order valence-corrected chi connectivity index (χ1v) is 8.46. The molecular formula is C19H10ClNOS. The summed E-state index contributed by atoms with van der Waals surface area (Å²) in [6.07, 6.45) is 0. The molecule has 0 atom stereocenters. The Kier molecular flexibility index (Phi) is 2.75. The van der Waals surface area contributed by atoms with Crippen LogP contribution >= 0.6 is 22.9 Å². The number of hydrogen-bond donors (Lipinski definition) is 0. The first-order valence-electron chi connectivity index (χ1n) is 7.26. The average Bonchev–Trinajstić information content (AvgIpc) is 3.15. The molecule has 110 valence electrons. The van der Waals surface area contributed by atoms with Gasteiger partial charge in [-0.1, -0.05) is 35.9 Å². The highest BCUT2D eigenvalue weighted by atomic mass is 35.5. The Labute approximate surface area is 140 Å². The zero-order valence-electron chi connectivity index (χ0n) is 11.9. The van der Waals surface area contributed by atoms with Crippen LogP contribution in [0.2, 0.25) is 5.02 Å². The van der Waals surface area contributed by atoms with Gasteiger partial charge in [-0.15, -0.1) is 11.3 Å². The molecule has 5 rings (SSSR count). The second-order valence-electron chi connectivity index (χ2n) is 5.41. The van der Waals surface area contributed by atoms with Crippen LogP contribution in [0.25, 0.3) is 42.7 Å². The van der Waals surface area contributed by atoms with Crippen molar-refractivity contribution in [2.45, 2.75) is 0 Å². The molecule has 2 aromatic heterocycles. The third kappa shape index (κ3) is 1.97. The van der Waals surface area contributed by atoms with Gasteiger partial charge in [0.2, 0.25) is 5.89 Å². The van der Waals surface area contributed by atoms with Gasteiger partial charge in [-0.3, -0.25) is 0 Å². The summed E-state index contributed by atoms with van der Waals surface area (Å²) in [5.41, 5.74) is 2.71. The molecule has 0 unspecified atom stereocenters. The molecule has 3 aromatic carbocycles. The van der Waals surface area contributed by atoms with Gasteiger partial charge in [0.05, 0.1) is 5.56 Å². The van der Waals surface area contributed by atoms with E-state index in [2.05, 4.69) is 23.2 Å². The predicted octanol–water partition coefficient (Wildman–Crippen LogP) is 6.52. The van der Waals surface area contributed by atoms with Crippen molar-refractivity contribution in [3.05, 3.63) is 65.7 Å². The molecule has 0 radical (unpaired) electrons. The maximum absolute atomic E-state index is 6.16. The van der Waals surface area contributed by atoms with Crippen molar-refractivity contribution < 1.29 is 4.42 Å². The fourth-order valence-electron chi connectivity index (χ4n) is 2.93. The number of benzene rings is 3. The summed E-state index contributed by atoms with van der Waals surface area (Å²) in [5.74, 6) is 0.662. The highest BCUT2D eigenvalue weighted by molar-refractivity contribution is 7.26. The Morgan fingerprint density at radius 1 is 0.913 bits per heavy atom. The number of thiophene rings is 1. The molecule has 0 amide bonds. The average molecular weight is 336 g/mol. The van der Waals surface area contributed by atoms with Crippen LogP contribution in [0.5, 0.6) is 0 Å². The quantitative estimate of drug-likeness (QED) is 0.348. The Hall–Kier alpha value is -2.36. The van der Waals surface area contributed by atoms with E-state index in [-0.39, 0.29) is 0 Å². The van der Waals surface area contributed by atoms with Gasteiger partial charge in [0.25, 0.3) is 0 Å². The fourth-order valence-corrected chi connectivity index (χ4v) is 4.29. The van der Waals surface area contributed by atoms with Gasteiger partial charge < -0.3 is 4.42 Å². The summed E-state index contributed by atoms with van der Waals surface area (Å²) in [6.45, 7) is 0. The first kappa shape index (κ1) is 13.1. The predicted molar refractivity (Wildman–Crippen MR) is 97.3 cm³/mol. The van der Waals surface area contributed by atoms with Gasteiger partial charge in [-0.05, 0) is 36.4 Å². The number of aromatic nitrogens is 1. The van der Waals surface area contributed by atoms with E-state index in [1.807, 2.05) is 42.5 Å². The number of rotatable bonds is 1. The molecule has 4 heteroatoms. The largest absolute Gasteiger partial charge is 0.436 e. The van der Waals surface area contributed by atoms with Crippen LogP contribution in [-0.2, 0) is 0 Å². The maximum atomic E-state index is 6.16. The molecule has 0 fully saturated rings. The third-order valence-corrected chi connectivity index (χ3v) is 5.44. The number of fused-ring (bicyclic) bond motifs is 4. The van der Waals surface area contributed by atoms with Gasteiger partial charge in [-0.25, -0.2) is 4.98 Å². The Morgan fingerprint density at radius 2 is 1.83 bits per heavy atom. The summed E-state index contributed by atoms with van der Waals surface area (Å²) >= 11 is 7.90. The maximum Gasteiger partial charge on any atom is 0.228 e. The zero-order valence-corrected chi connectivity index (χ0v) is 13.5. The van der Waals surface area contributed by atoms with Crippen molar-refractivity contribution in [1.29, 1.82) is 0 Å². The second kappa shape index (κ2) is 4.82. The second-order valence-corrected chi connectivity index (χ2v) is 6.90. The minimum absolute atomic E-state index is 0.662. The van der Waals surface area contributed by atoms with Crippen molar-refractivity contribution in [2.24, 2.45) is 0 Å². The van der Waals surface area contributed by atoms with E-state index in [0.717, 1.165) is 21.7 Å². The number of oxazole rings is 1. The van der Waals surface area contributed by atoms with Gasteiger partial charge in [0.15, 0.2) is 5.58 Å². The van der Waals surface area contributed by atoms with Crippen molar-refractivity contribution in [3.8, 4) is 11.5 Å². The summed E-state index contributed by atoms with van der Waals surface area (Å²) in [6, 6.07) is 20.1. The lowest BCUT2D eigenvalue weighted by atomic mass is 10.1. The monoisotopic (exact) mass is 335 g/mol. The van der Waals surface area contributed by atoms with Crippen molar-refractivity contribution >= 4 is 54.2 Å². The molecule has 0 saturated heterocycles. The zero-order chi connectivity index (χ0) is 15.4. The molecule has 0 aliphatic rings. The standard InChI is InChI=1S/C19H10ClNOS/c20-11-8-9-17-14(10-11)12-4-3-5-13(18(12)23-17)19-21-15-6-1-2-7-16(15)22-19/h1-10H. The van der Waals surface area contributed by atoms with Crippen molar-refractivity contribution in [1.82, 2.24) is 4.98 Å². The van der Waals surface area contributed by atoms with E-state index in [4.69, 9.17) is 16.0 Å². The molecule has 2 heterocycles. The topological polar surface area (TPSA) is 26.0 Å². The SMILES string of the molecule is Clc1ccc2sc3c(-c4nc5ccccc5o4)cccc3c2c1. The Balaban J connectivity index is 1.85. The van der Waals surface area contributed by atoms with Crippen molar-refractivity contribution in [3.63, 3.8) is 0 Å². The molecule has 0 bridgehead atoms. The van der Waals surface area contributed by atoms with Crippen LogP contribution in [0.4, 0.5) is 0 Å². The van der Waals surface area contributed by atoms with E-state index >= 15 is 0 Å². The highest BCUT2D eigenvalue weighted by Gasteiger charge is 2.14. The molecule has 0 N–H and O–H groups in total. The smallest absolute Gasteiger partial charge is 0.228 e. The normalized spacial score (nSPS) is 11.7. The Bertz CT molecular complexity index is 1160. The molecule has 2 nitrogen and oxygen atoms in total. The molecule has 0 aliphatic carbocycles. The minimum atomic E-state index is 0.662. The first-order chi connectivity index (χ1) is 11.3. The molecular weight excluding hydrogens is 326 g/mol. The minimum Gasteiger partial charge on any atom is -0.436 e. The van der Waals surface area contributed by atoms with Crippen LogP contribution in [0.15, 0.2) is 65.1 Å². The lowest BCUT2D eigenvalue weighted by molar-refractivity contribution is 0.621. The molecule has 23 heavy (non-hydrogen) atoms. The van der Waals surface area contributed by atoms with Gasteiger partial charge >= 0.3 is 0 Å². The Morgan fingerprint density at radius 3 is 2.74 bits per heavy atom. The van der Waals surface area contributed by atoms with E-state index in [1.165, 1.54) is 20.2 Å². The highest BCUT2D eigenvalue weighted by Crippen LogP contribution is 2.40. The number of para-hydroxylation sites is 2.